The molecule has 1 unspecified atom stereocenters. The molecule has 0 heterocycles. The third-order valence-electron chi connectivity index (χ3n) is 3.94. The van der Waals surface area contributed by atoms with E-state index in [1.807, 2.05) is 0 Å². The van der Waals surface area contributed by atoms with E-state index >= 15 is 0 Å². The number of rotatable bonds is 7. The first kappa shape index (κ1) is 16.5. The molecule has 0 aromatic heterocycles. The first-order valence-corrected chi connectivity index (χ1v) is 11.8. The molecular formula is C12H24GeO4. The van der Waals surface area contributed by atoms with Gasteiger partial charge in [-0.2, -0.15) is 0 Å². The van der Waals surface area contributed by atoms with Crippen molar-refractivity contribution in [2.45, 2.75) is 47.7 Å². The van der Waals surface area contributed by atoms with E-state index in [4.69, 9.17) is 4.74 Å². The first-order valence-electron chi connectivity index (χ1n) is 6.15. The number of hydrogen-bond donors (Lipinski definition) is 0. The van der Waals surface area contributed by atoms with Gasteiger partial charge in [-0.15, -0.1) is 0 Å². The molecule has 0 aliphatic rings. The normalized spacial score (nSPS) is 13.0. The van der Waals surface area contributed by atoms with Gasteiger partial charge >= 0.3 is 106 Å². The Labute approximate surface area is 106 Å². The molecule has 0 aliphatic carbocycles. The third-order valence-corrected chi connectivity index (χ3v) is 16.8. The Kier molecular flexibility index (Phi) is 7.51. The summed E-state index contributed by atoms with van der Waals surface area (Å²) in [6.07, 6.45) is 0.179. The molecule has 0 fully saturated rings. The Morgan fingerprint density at radius 3 is 1.76 bits per heavy atom. The van der Waals surface area contributed by atoms with Crippen molar-refractivity contribution in [2.24, 2.45) is 0 Å². The molecule has 0 rings (SSSR count). The number of carbonyl (C=O) groups excluding carboxylic acids is 2. The summed E-state index contributed by atoms with van der Waals surface area (Å²) in [5.74, 6) is -0.549. The van der Waals surface area contributed by atoms with Gasteiger partial charge in [0.1, 0.15) is 0 Å². The molecule has 0 saturated heterocycles. The molecule has 1 atom stereocenters. The maximum atomic E-state index is 11.9. The molecule has 4 nitrogen and oxygen atoms in total. The molecule has 100 valence electrons. The fourth-order valence-corrected chi connectivity index (χ4v) is 11.2. The van der Waals surface area contributed by atoms with Gasteiger partial charge < -0.3 is 0 Å². The Morgan fingerprint density at radius 1 is 1.00 bits per heavy atom. The molecular weight excluding hydrogens is 281 g/mol. The number of hydrogen-bond acceptors (Lipinski definition) is 4. The van der Waals surface area contributed by atoms with Crippen LogP contribution in [-0.2, 0) is 19.1 Å². The van der Waals surface area contributed by atoms with E-state index in [0.29, 0.717) is 0 Å². The van der Waals surface area contributed by atoms with Crippen molar-refractivity contribution in [3.63, 3.8) is 0 Å². The predicted octanol–water partition coefficient (Wildman–Crippen LogP) is 2.60. The summed E-state index contributed by atoms with van der Waals surface area (Å²) in [5, 5.41) is 3.09. The molecule has 5 heteroatoms. The molecule has 0 radical (unpaired) electrons. The van der Waals surface area contributed by atoms with E-state index in [1.165, 1.54) is 14.2 Å². The van der Waals surface area contributed by atoms with Crippen molar-refractivity contribution in [1.82, 2.24) is 0 Å². The summed E-state index contributed by atoms with van der Waals surface area (Å²) in [5.41, 5.74) is 0. The summed E-state index contributed by atoms with van der Waals surface area (Å²) < 4.78 is 9.33. The molecule has 0 spiro atoms. The van der Waals surface area contributed by atoms with Gasteiger partial charge in [-0.3, -0.25) is 0 Å². The van der Waals surface area contributed by atoms with Crippen LogP contribution in [0.15, 0.2) is 0 Å². The van der Waals surface area contributed by atoms with Gasteiger partial charge in [0.2, 0.25) is 0 Å². The van der Waals surface area contributed by atoms with Gasteiger partial charge in [-0.1, -0.05) is 0 Å². The topological polar surface area (TPSA) is 52.6 Å². The number of methoxy groups -OCH3 is 2. The maximum absolute atomic E-state index is 11.9. The molecule has 17 heavy (non-hydrogen) atoms. The molecule has 0 aliphatic heterocycles. The Hall–Kier alpha value is -0.517. The molecule has 0 amide bonds. The number of ether oxygens (including phenoxy) is 2. The van der Waals surface area contributed by atoms with Gasteiger partial charge in [0, 0.05) is 0 Å². The van der Waals surface area contributed by atoms with Crippen LogP contribution in [0.1, 0.15) is 27.2 Å². The molecule has 0 bridgehead atoms. The van der Waals surface area contributed by atoms with Crippen molar-refractivity contribution in [1.29, 1.82) is 0 Å². The van der Waals surface area contributed by atoms with E-state index < -0.39 is 13.3 Å². The van der Waals surface area contributed by atoms with E-state index in [0.717, 1.165) is 15.8 Å². The SMILES string of the molecule is C[CH2][Ge]([CH2]C)([CH2]C)[CH](CC(=O)OC)C(=O)OC. The second-order valence-corrected chi connectivity index (χ2v) is 15.9. The van der Waals surface area contributed by atoms with E-state index in [-0.39, 0.29) is 23.1 Å². The Balaban J connectivity index is 5.12. The van der Waals surface area contributed by atoms with Gasteiger partial charge in [-0.25, -0.2) is 0 Å². The van der Waals surface area contributed by atoms with Gasteiger partial charge in [0.15, 0.2) is 0 Å². The Morgan fingerprint density at radius 2 is 1.47 bits per heavy atom. The molecule has 0 N–H and O–H groups in total. The molecule has 0 saturated carbocycles. The van der Waals surface area contributed by atoms with Crippen LogP contribution in [-0.4, -0.2) is 39.4 Å². The summed E-state index contributed by atoms with van der Waals surface area (Å²) in [7, 11) is 2.75. The average molecular weight is 305 g/mol. The Bertz CT molecular complexity index is 253. The van der Waals surface area contributed by atoms with Crippen LogP contribution in [0.2, 0.25) is 20.5 Å². The minimum absolute atomic E-state index is 0.179. The van der Waals surface area contributed by atoms with Crippen LogP contribution in [0.3, 0.4) is 0 Å². The quantitative estimate of drug-likeness (QED) is 0.536. The van der Waals surface area contributed by atoms with Crippen molar-refractivity contribution in [2.75, 3.05) is 14.2 Å². The van der Waals surface area contributed by atoms with Crippen LogP contribution >= 0.6 is 0 Å². The van der Waals surface area contributed by atoms with Gasteiger partial charge in [0.25, 0.3) is 0 Å². The fraction of sp³-hybridized carbons (Fsp3) is 0.833. The second kappa shape index (κ2) is 7.74. The minimum atomic E-state index is -2.35. The summed E-state index contributed by atoms with van der Waals surface area (Å²) >= 11 is -2.35. The van der Waals surface area contributed by atoms with Crippen molar-refractivity contribution in [3.05, 3.63) is 0 Å². The van der Waals surface area contributed by atoms with E-state index in [2.05, 4.69) is 25.5 Å². The summed E-state index contributed by atoms with van der Waals surface area (Å²) in [4.78, 5) is 23.3. The van der Waals surface area contributed by atoms with Gasteiger partial charge in [-0.05, 0) is 0 Å². The van der Waals surface area contributed by atoms with Gasteiger partial charge in [0.05, 0.1) is 0 Å². The number of carbonyl (C=O) groups is 2. The van der Waals surface area contributed by atoms with Crippen LogP contribution < -0.4 is 0 Å². The second-order valence-electron chi connectivity index (χ2n) is 4.28. The van der Waals surface area contributed by atoms with E-state index in [9.17, 15) is 9.59 Å². The van der Waals surface area contributed by atoms with E-state index in [1.54, 1.807) is 0 Å². The van der Waals surface area contributed by atoms with Crippen LogP contribution in [0, 0.1) is 0 Å². The average Bonchev–Trinajstić information content (AvgIpc) is 2.38. The molecule has 0 aromatic carbocycles. The third kappa shape index (κ3) is 4.01. The van der Waals surface area contributed by atoms with Crippen molar-refractivity contribution in [3.8, 4) is 0 Å². The standard InChI is InChI=1S/C12H24GeO4/c1-6-13(7-2,8-3)10(12(15)17-5)9-11(14)16-4/h10H,6-9H2,1-5H3. The zero-order chi connectivity index (χ0) is 13.5. The zero-order valence-electron chi connectivity index (χ0n) is 11.5. The van der Waals surface area contributed by atoms with Crippen molar-refractivity contribution < 1.29 is 19.1 Å². The predicted molar refractivity (Wildman–Crippen MR) is 69.6 cm³/mol. The van der Waals surface area contributed by atoms with Crippen LogP contribution in [0.4, 0.5) is 0 Å². The fourth-order valence-electron chi connectivity index (χ4n) is 2.43. The molecule has 0 aromatic rings. The first-order chi connectivity index (χ1) is 8.01. The van der Waals surface area contributed by atoms with Crippen LogP contribution in [0.25, 0.3) is 0 Å². The number of esters is 2. The van der Waals surface area contributed by atoms with Crippen molar-refractivity contribution >= 4 is 25.2 Å². The zero-order valence-corrected chi connectivity index (χ0v) is 13.6. The monoisotopic (exact) mass is 306 g/mol. The summed E-state index contributed by atoms with van der Waals surface area (Å²) in [6, 6.07) is 0. The van der Waals surface area contributed by atoms with Crippen LogP contribution in [0.5, 0.6) is 0 Å². The summed E-state index contributed by atoms with van der Waals surface area (Å²) in [6.45, 7) is 6.38.